The molecule has 0 saturated heterocycles. The first-order valence-corrected chi connectivity index (χ1v) is 7.95. The zero-order chi connectivity index (χ0) is 14.2. The largest absolute Gasteiger partial charge is 0.370 e. The van der Waals surface area contributed by atoms with Gasteiger partial charge in [-0.3, -0.25) is 0 Å². The molecule has 0 atom stereocenters. The van der Waals surface area contributed by atoms with Crippen LogP contribution in [0.4, 0.5) is 5.69 Å². The fraction of sp³-hybridized carbons (Fsp3) is 0.647. The highest BCUT2D eigenvalue weighted by Crippen LogP contribution is 2.25. The summed E-state index contributed by atoms with van der Waals surface area (Å²) in [4.78, 5) is 4.80. The number of nitrogens with zero attached hydrogens (tertiary/aromatic N) is 2. The summed E-state index contributed by atoms with van der Waals surface area (Å²) in [7, 11) is 4.27. The van der Waals surface area contributed by atoms with Crippen LogP contribution in [-0.2, 0) is 6.42 Å². The van der Waals surface area contributed by atoms with Crippen molar-refractivity contribution in [3.8, 4) is 0 Å². The van der Waals surface area contributed by atoms with Crippen molar-refractivity contribution in [3.63, 3.8) is 0 Å². The lowest BCUT2D eigenvalue weighted by molar-refractivity contribution is 0.395. The minimum atomic E-state index is 1.09. The van der Waals surface area contributed by atoms with Crippen molar-refractivity contribution in [2.75, 3.05) is 51.7 Å². The third-order valence-electron chi connectivity index (χ3n) is 3.97. The number of rotatable bonds is 7. The molecule has 112 valence electrons. The number of aryl methyl sites for hydroxylation is 1. The number of hydrogen-bond acceptors (Lipinski definition) is 3. The van der Waals surface area contributed by atoms with Gasteiger partial charge in [0.1, 0.15) is 0 Å². The number of hydrogen-bond donors (Lipinski definition) is 1. The van der Waals surface area contributed by atoms with Crippen LogP contribution in [0.25, 0.3) is 0 Å². The summed E-state index contributed by atoms with van der Waals surface area (Å²) >= 11 is 0. The second-order valence-corrected chi connectivity index (χ2v) is 5.98. The maximum Gasteiger partial charge on any atom is 0.0399 e. The molecule has 3 nitrogen and oxygen atoms in total. The van der Waals surface area contributed by atoms with Crippen LogP contribution in [-0.4, -0.2) is 51.7 Å². The van der Waals surface area contributed by atoms with E-state index in [2.05, 4.69) is 53.5 Å². The van der Waals surface area contributed by atoms with E-state index in [1.165, 1.54) is 50.0 Å². The zero-order valence-corrected chi connectivity index (χ0v) is 13.1. The Morgan fingerprint density at radius 1 is 1.15 bits per heavy atom. The summed E-state index contributed by atoms with van der Waals surface area (Å²) in [5, 5.41) is 3.57. The maximum atomic E-state index is 3.57. The molecule has 1 aliphatic rings. The standard InChI is InChI=1S/C17H29N3/c1-19(2)13-7-11-18-12-15-20-14-6-5-9-16-8-3-4-10-17(16)20/h3-4,8,10,18H,5-7,9,11-15H2,1-2H3. The lowest BCUT2D eigenvalue weighted by atomic mass is 10.1. The van der Waals surface area contributed by atoms with Crippen molar-refractivity contribution in [1.82, 2.24) is 10.2 Å². The van der Waals surface area contributed by atoms with E-state index in [0.29, 0.717) is 0 Å². The number of fused-ring (bicyclic) bond motifs is 1. The summed E-state index contributed by atoms with van der Waals surface area (Å²) in [5.41, 5.74) is 2.98. The molecule has 1 N–H and O–H groups in total. The molecule has 0 unspecified atom stereocenters. The average Bonchev–Trinajstić information content (AvgIpc) is 2.65. The predicted molar refractivity (Wildman–Crippen MR) is 87.6 cm³/mol. The summed E-state index contributed by atoms with van der Waals surface area (Å²) in [6.45, 7) is 5.70. The van der Waals surface area contributed by atoms with Gasteiger partial charge >= 0.3 is 0 Å². The Labute approximate surface area is 124 Å². The normalized spacial score (nSPS) is 15.2. The second kappa shape index (κ2) is 8.28. The summed E-state index contributed by atoms with van der Waals surface area (Å²) in [6, 6.07) is 8.91. The van der Waals surface area contributed by atoms with Gasteiger partial charge in [0, 0.05) is 25.3 Å². The van der Waals surface area contributed by atoms with Crippen LogP contribution in [0.5, 0.6) is 0 Å². The topological polar surface area (TPSA) is 18.5 Å². The Bertz CT molecular complexity index is 390. The van der Waals surface area contributed by atoms with E-state index in [1.807, 2.05) is 0 Å². The number of para-hydroxylation sites is 1. The van der Waals surface area contributed by atoms with Crippen LogP contribution in [0.2, 0.25) is 0 Å². The van der Waals surface area contributed by atoms with Crippen LogP contribution < -0.4 is 10.2 Å². The van der Waals surface area contributed by atoms with Crippen LogP contribution in [0.15, 0.2) is 24.3 Å². The van der Waals surface area contributed by atoms with Crippen molar-refractivity contribution < 1.29 is 0 Å². The van der Waals surface area contributed by atoms with Gasteiger partial charge in [0.25, 0.3) is 0 Å². The van der Waals surface area contributed by atoms with E-state index in [-0.39, 0.29) is 0 Å². The Morgan fingerprint density at radius 3 is 2.85 bits per heavy atom. The molecule has 0 aromatic heterocycles. The van der Waals surface area contributed by atoms with E-state index in [0.717, 1.165) is 19.6 Å². The van der Waals surface area contributed by atoms with Gasteiger partial charge in [0.2, 0.25) is 0 Å². The number of anilines is 1. The van der Waals surface area contributed by atoms with Gasteiger partial charge in [-0.15, -0.1) is 0 Å². The lowest BCUT2D eigenvalue weighted by Gasteiger charge is -2.25. The lowest BCUT2D eigenvalue weighted by Crippen LogP contribution is -2.33. The smallest absolute Gasteiger partial charge is 0.0399 e. The number of benzene rings is 1. The van der Waals surface area contributed by atoms with E-state index >= 15 is 0 Å². The maximum absolute atomic E-state index is 3.57. The first kappa shape index (κ1) is 15.3. The predicted octanol–water partition coefficient (Wildman–Crippen LogP) is 2.37. The molecule has 2 rings (SSSR count). The SMILES string of the molecule is CN(C)CCCNCCN1CCCCc2ccccc21. The fourth-order valence-electron chi connectivity index (χ4n) is 2.86. The Kier molecular flexibility index (Phi) is 6.34. The van der Waals surface area contributed by atoms with E-state index in [1.54, 1.807) is 0 Å². The molecule has 1 aliphatic heterocycles. The Balaban J connectivity index is 1.75. The third-order valence-corrected chi connectivity index (χ3v) is 3.97. The van der Waals surface area contributed by atoms with Crippen molar-refractivity contribution >= 4 is 5.69 Å². The highest BCUT2D eigenvalue weighted by Gasteiger charge is 2.13. The van der Waals surface area contributed by atoms with Crippen LogP contribution in [0.1, 0.15) is 24.8 Å². The molecule has 0 aliphatic carbocycles. The second-order valence-electron chi connectivity index (χ2n) is 5.98. The highest BCUT2D eigenvalue weighted by atomic mass is 15.1. The van der Waals surface area contributed by atoms with E-state index in [4.69, 9.17) is 0 Å². The highest BCUT2D eigenvalue weighted by molar-refractivity contribution is 5.54. The number of nitrogens with one attached hydrogen (secondary N) is 1. The van der Waals surface area contributed by atoms with Crippen molar-refractivity contribution in [2.24, 2.45) is 0 Å². The van der Waals surface area contributed by atoms with Gasteiger partial charge in [-0.1, -0.05) is 18.2 Å². The fourth-order valence-corrected chi connectivity index (χ4v) is 2.86. The Hall–Kier alpha value is -1.06. The third kappa shape index (κ3) is 4.80. The van der Waals surface area contributed by atoms with Gasteiger partial charge in [0.05, 0.1) is 0 Å². The summed E-state index contributed by atoms with van der Waals surface area (Å²) in [5.74, 6) is 0. The molecule has 20 heavy (non-hydrogen) atoms. The van der Waals surface area contributed by atoms with Crippen LogP contribution >= 0.6 is 0 Å². The van der Waals surface area contributed by atoms with Crippen molar-refractivity contribution in [2.45, 2.75) is 25.7 Å². The van der Waals surface area contributed by atoms with Crippen LogP contribution in [0, 0.1) is 0 Å². The van der Waals surface area contributed by atoms with Crippen molar-refractivity contribution in [3.05, 3.63) is 29.8 Å². The minimum absolute atomic E-state index is 1.09. The molecule has 1 heterocycles. The molecule has 0 bridgehead atoms. The molecule has 0 saturated carbocycles. The quantitative estimate of drug-likeness (QED) is 0.771. The monoisotopic (exact) mass is 275 g/mol. The minimum Gasteiger partial charge on any atom is -0.370 e. The first-order chi connectivity index (χ1) is 9.77. The van der Waals surface area contributed by atoms with Gasteiger partial charge in [-0.25, -0.2) is 0 Å². The zero-order valence-electron chi connectivity index (χ0n) is 13.1. The Morgan fingerprint density at radius 2 is 2.00 bits per heavy atom. The van der Waals surface area contributed by atoms with Gasteiger partial charge in [-0.2, -0.15) is 0 Å². The first-order valence-electron chi connectivity index (χ1n) is 7.95. The molecule has 0 amide bonds. The molecule has 0 radical (unpaired) electrons. The molecule has 0 fully saturated rings. The molecular formula is C17H29N3. The van der Waals surface area contributed by atoms with Gasteiger partial charge < -0.3 is 15.1 Å². The molecule has 1 aromatic rings. The van der Waals surface area contributed by atoms with Gasteiger partial charge in [-0.05, 0) is 64.5 Å². The molecular weight excluding hydrogens is 246 g/mol. The molecule has 3 heteroatoms. The van der Waals surface area contributed by atoms with Gasteiger partial charge in [0.15, 0.2) is 0 Å². The molecule has 0 spiro atoms. The average molecular weight is 275 g/mol. The van der Waals surface area contributed by atoms with E-state index < -0.39 is 0 Å². The summed E-state index contributed by atoms with van der Waals surface area (Å²) in [6.07, 6.45) is 5.10. The summed E-state index contributed by atoms with van der Waals surface area (Å²) < 4.78 is 0. The molecule has 1 aromatic carbocycles. The van der Waals surface area contributed by atoms with Crippen LogP contribution in [0.3, 0.4) is 0 Å². The van der Waals surface area contributed by atoms with Crippen molar-refractivity contribution in [1.29, 1.82) is 0 Å². The van der Waals surface area contributed by atoms with E-state index in [9.17, 15) is 0 Å².